The summed E-state index contributed by atoms with van der Waals surface area (Å²) in [5, 5.41) is 6.87. The molecule has 0 aromatic rings. The van der Waals surface area contributed by atoms with Crippen molar-refractivity contribution in [3.05, 3.63) is 0 Å². The van der Waals surface area contributed by atoms with Crippen molar-refractivity contribution in [1.82, 2.24) is 4.72 Å². The summed E-state index contributed by atoms with van der Waals surface area (Å²) in [6, 6.07) is -1.11. The van der Waals surface area contributed by atoms with Crippen LogP contribution in [0.1, 0.15) is 13.8 Å². The average molecular weight is 239 g/mol. The van der Waals surface area contributed by atoms with Crippen molar-refractivity contribution in [3.8, 4) is 0 Å². The van der Waals surface area contributed by atoms with Gasteiger partial charge in [-0.15, -0.1) is 0 Å². The highest BCUT2D eigenvalue weighted by molar-refractivity contribution is 7.90. The molecule has 0 aromatic heterocycles. The number of esters is 1. The van der Waals surface area contributed by atoms with Crippen LogP contribution in [0.4, 0.5) is 0 Å². The van der Waals surface area contributed by atoms with Gasteiger partial charge in [0.15, 0.2) is 5.25 Å². The SMILES string of the molecule is COC(=O)C(C)NS(=O)(=O)C(C)C(=O)O. The van der Waals surface area contributed by atoms with Gasteiger partial charge < -0.3 is 9.84 Å². The molecule has 0 saturated carbocycles. The van der Waals surface area contributed by atoms with Gasteiger partial charge in [-0.3, -0.25) is 9.59 Å². The van der Waals surface area contributed by atoms with Crippen molar-refractivity contribution < 1.29 is 27.9 Å². The van der Waals surface area contributed by atoms with Crippen molar-refractivity contribution in [1.29, 1.82) is 0 Å². The fourth-order valence-corrected chi connectivity index (χ4v) is 1.76. The molecule has 0 bridgehead atoms. The highest BCUT2D eigenvalue weighted by Crippen LogP contribution is 2.00. The van der Waals surface area contributed by atoms with Crippen LogP contribution in [0, 0.1) is 0 Å². The van der Waals surface area contributed by atoms with Crippen molar-refractivity contribution in [2.45, 2.75) is 25.1 Å². The number of rotatable bonds is 5. The van der Waals surface area contributed by atoms with Crippen molar-refractivity contribution in [3.63, 3.8) is 0 Å². The van der Waals surface area contributed by atoms with E-state index in [2.05, 4.69) is 4.74 Å². The van der Waals surface area contributed by atoms with Gasteiger partial charge in [0.25, 0.3) is 0 Å². The summed E-state index contributed by atoms with van der Waals surface area (Å²) in [7, 11) is -2.96. The molecule has 0 amide bonds. The van der Waals surface area contributed by atoms with Gasteiger partial charge in [-0.1, -0.05) is 0 Å². The molecular weight excluding hydrogens is 226 g/mol. The molecule has 0 aliphatic heterocycles. The molecule has 0 aliphatic rings. The van der Waals surface area contributed by atoms with Gasteiger partial charge in [-0.2, -0.15) is 0 Å². The lowest BCUT2D eigenvalue weighted by Crippen LogP contribution is -2.45. The normalized spacial score (nSPS) is 15.4. The first kappa shape index (κ1) is 13.8. The maximum absolute atomic E-state index is 11.3. The molecule has 0 rings (SSSR count). The van der Waals surface area contributed by atoms with Crippen LogP contribution in [0.3, 0.4) is 0 Å². The van der Waals surface area contributed by atoms with Gasteiger partial charge in [-0.25, -0.2) is 13.1 Å². The zero-order valence-electron chi connectivity index (χ0n) is 8.55. The standard InChI is InChI=1S/C7H13NO6S/c1-4(7(11)14-3)8-15(12,13)5(2)6(9)10/h4-5,8H,1-3H3,(H,9,10). The van der Waals surface area contributed by atoms with E-state index in [4.69, 9.17) is 5.11 Å². The van der Waals surface area contributed by atoms with Crippen LogP contribution < -0.4 is 4.72 Å². The summed E-state index contributed by atoms with van der Waals surface area (Å²) in [4.78, 5) is 21.3. The summed E-state index contributed by atoms with van der Waals surface area (Å²) < 4.78 is 28.8. The minimum atomic E-state index is -4.06. The maximum Gasteiger partial charge on any atom is 0.323 e. The van der Waals surface area contributed by atoms with Crippen molar-refractivity contribution >= 4 is 22.0 Å². The largest absolute Gasteiger partial charge is 0.480 e. The number of aliphatic carboxylic acids is 1. The number of sulfonamides is 1. The van der Waals surface area contributed by atoms with Crippen LogP contribution >= 0.6 is 0 Å². The van der Waals surface area contributed by atoms with E-state index in [0.717, 1.165) is 14.0 Å². The monoisotopic (exact) mass is 239 g/mol. The Morgan fingerprint density at radius 1 is 1.33 bits per heavy atom. The minimum Gasteiger partial charge on any atom is -0.480 e. The first-order valence-electron chi connectivity index (χ1n) is 4.04. The second kappa shape index (κ2) is 5.08. The van der Waals surface area contributed by atoms with E-state index < -0.39 is 33.3 Å². The summed E-state index contributed by atoms with van der Waals surface area (Å²) >= 11 is 0. The van der Waals surface area contributed by atoms with Crippen LogP contribution in [-0.2, 0) is 24.3 Å². The zero-order valence-corrected chi connectivity index (χ0v) is 9.37. The highest BCUT2D eigenvalue weighted by Gasteiger charge is 2.30. The number of hydrogen-bond acceptors (Lipinski definition) is 5. The predicted octanol–water partition coefficient (Wildman–Crippen LogP) is -1.06. The lowest BCUT2D eigenvalue weighted by molar-refractivity contribution is -0.142. The van der Waals surface area contributed by atoms with E-state index in [1.165, 1.54) is 6.92 Å². The Morgan fingerprint density at radius 3 is 2.13 bits per heavy atom. The van der Waals surface area contributed by atoms with Crippen LogP contribution in [0.25, 0.3) is 0 Å². The molecule has 8 heteroatoms. The molecule has 0 heterocycles. The molecule has 2 unspecified atom stereocenters. The third-order valence-corrected chi connectivity index (χ3v) is 3.52. The van der Waals surface area contributed by atoms with Crippen molar-refractivity contribution in [2.24, 2.45) is 0 Å². The Hall–Kier alpha value is -1.15. The zero-order chi connectivity index (χ0) is 12.2. The van der Waals surface area contributed by atoms with Crippen LogP contribution in [0.2, 0.25) is 0 Å². The predicted molar refractivity (Wildman–Crippen MR) is 50.6 cm³/mol. The van der Waals surface area contributed by atoms with Gasteiger partial charge in [0.05, 0.1) is 7.11 Å². The Balaban J connectivity index is 4.66. The minimum absolute atomic E-state index is 0.781. The lowest BCUT2D eigenvalue weighted by Gasteiger charge is -2.14. The molecule has 7 nitrogen and oxygen atoms in total. The fourth-order valence-electron chi connectivity index (χ4n) is 0.706. The molecule has 88 valence electrons. The number of carbonyl (C=O) groups is 2. The van der Waals surface area contributed by atoms with Gasteiger partial charge in [0.1, 0.15) is 6.04 Å². The summed E-state index contributed by atoms with van der Waals surface area (Å²) in [5.41, 5.74) is 0. The van der Waals surface area contributed by atoms with Gasteiger partial charge in [0.2, 0.25) is 10.0 Å². The number of carboxylic acid groups (broad SMARTS) is 1. The van der Waals surface area contributed by atoms with Gasteiger partial charge in [0, 0.05) is 0 Å². The van der Waals surface area contributed by atoms with E-state index in [1.54, 1.807) is 0 Å². The number of nitrogens with one attached hydrogen (secondary N) is 1. The second-order valence-electron chi connectivity index (χ2n) is 2.89. The maximum atomic E-state index is 11.3. The summed E-state index contributed by atoms with van der Waals surface area (Å²) in [5.74, 6) is -2.27. The van der Waals surface area contributed by atoms with Crippen molar-refractivity contribution in [2.75, 3.05) is 7.11 Å². The fraction of sp³-hybridized carbons (Fsp3) is 0.714. The first-order chi connectivity index (χ1) is 6.72. The van der Waals surface area contributed by atoms with Crippen LogP contribution in [0.5, 0.6) is 0 Å². The number of carbonyl (C=O) groups excluding carboxylic acids is 1. The lowest BCUT2D eigenvalue weighted by atomic mass is 10.4. The van der Waals surface area contributed by atoms with E-state index in [1.807, 2.05) is 4.72 Å². The topological polar surface area (TPSA) is 110 Å². The molecular formula is C7H13NO6S. The Bertz CT molecular complexity index is 348. The van der Waals surface area contributed by atoms with E-state index in [9.17, 15) is 18.0 Å². The van der Waals surface area contributed by atoms with Gasteiger partial charge in [-0.05, 0) is 13.8 Å². The Morgan fingerprint density at radius 2 is 1.80 bits per heavy atom. The van der Waals surface area contributed by atoms with Crippen LogP contribution in [0.15, 0.2) is 0 Å². The summed E-state index contributed by atoms with van der Waals surface area (Å²) in [6.45, 7) is 2.27. The third kappa shape index (κ3) is 3.84. The molecule has 0 saturated heterocycles. The highest BCUT2D eigenvalue weighted by atomic mass is 32.2. The molecule has 0 aliphatic carbocycles. The number of carboxylic acids is 1. The molecule has 2 N–H and O–H groups in total. The molecule has 15 heavy (non-hydrogen) atoms. The molecule has 0 fully saturated rings. The smallest absolute Gasteiger partial charge is 0.323 e. The van der Waals surface area contributed by atoms with Crippen LogP contribution in [-0.4, -0.2) is 43.9 Å². The molecule has 2 atom stereocenters. The van der Waals surface area contributed by atoms with E-state index in [0.29, 0.717) is 0 Å². The Labute approximate surface area is 87.5 Å². The average Bonchev–Trinajstić information content (AvgIpc) is 2.14. The number of methoxy groups -OCH3 is 1. The van der Waals surface area contributed by atoms with Gasteiger partial charge >= 0.3 is 11.9 Å². The Kier molecular flexibility index (Phi) is 4.69. The molecule has 0 spiro atoms. The van der Waals surface area contributed by atoms with E-state index >= 15 is 0 Å². The molecule has 0 aromatic carbocycles. The number of ether oxygens (including phenoxy) is 1. The molecule has 0 radical (unpaired) electrons. The first-order valence-corrected chi connectivity index (χ1v) is 5.58. The summed E-state index contributed by atoms with van der Waals surface area (Å²) in [6.07, 6.45) is 0. The quantitative estimate of drug-likeness (QED) is 0.592. The second-order valence-corrected chi connectivity index (χ2v) is 4.92. The van der Waals surface area contributed by atoms with E-state index in [-0.39, 0.29) is 0 Å². The third-order valence-electron chi connectivity index (χ3n) is 1.71. The number of hydrogen-bond donors (Lipinski definition) is 2.